The van der Waals surface area contributed by atoms with Crippen LogP contribution in [0.2, 0.25) is 0 Å². The number of carbonyl (C=O) groups excluding carboxylic acids is 2. The second-order valence-electron chi connectivity index (χ2n) is 14.9. The van der Waals surface area contributed by atoms with Gasteiger partial charge in [-0.15, -0.1) is 0 Å². The molecule has 1 aromatic heterocycles. The van der Waals surface area contributed by atoms with Gasteiger partial charge in [-0.1, -0.05) is 12.1 Å². The van der Waals surface area contributed by atoms with E-state index in [9.17, 15) is 14.0 Å². The highest BCUT2D eigenvalue weighted by Gasteiger charge is 2.45. The number of benzene rings is 1. The number of nitrogens with zero attached hydrogens (tertiary/aromatic N) is 5. The third-order valence-electron chi connectivity index (χ3n) is 9.82. The number of hydrogen-bond acceptors (Lipinski definition) is 8. The maximum Gasteiger partial charge on any atom is 0.410 e. The lowest BCUT2D eigenvalue weighted by molar-refractivity contribution is -0.123. The lowest BCUT2D eigenvalue weighted by atomic mass is 10.0. The van der Waals surface area contributed by atoms with E-state index in [0.29, 0.717) is 63.4 Å². The molecule has 2 aromatic rings. The Morgan fingerprint density at radius 2 is 1.68 bits per heavy atom. The summed E-state index contributed by atoms with van der Waals surface area (Å²) in [7, 11) is 0. The van der Waals surface area contributed by atoms with E-state index in [-0.39, 0.29) is 54.6 Å². The fourth-order valence-corrected chi connectivity index (χ4v) is 7.20. The van der Waals surface area contributed by atoms with Crippen molar-refractivity contribution in [2.75, 3.05) is 50.9 Å². The van der Waals surface area contributed by atoms with Gasteiger partial charge in [0, 0.05) is 50.0 Å². The molecule has 0 unspecified atom stereocenters. The third kappa shape index (κ3) is 7.90. The zero-order valence-corrected chi connectivity index (χ0v) is 28.7. The Kier molecular flexibility index (Phi) is 9.79. The normalized spacial score (nSPS) is 27.3. The van der Waals surface area contributed by atoms with Crippen LogP contribution in [0.4, 0.5) is 14.9 Å². The third-order valence-corrected chi connectivity index (χ3v) is 9.82. The van der Waals surface area contributed by atoms with Crippen LogP contribution < -0.4 is 9.64 Å². The smallest absolute Gasteiger partial charge is 0.410 e. The Bertz CT molecular complexity index is 1420. The summed E-state index contributed by atoms with van der Waals surface area (Å²) < 4.78 is 31.3. The van der Waals surface area contributed by atoms with E-state index in [1.54, 1.807) is 18.3 Å². The molecule has 0 N–H and O–H groups in total. The molecule has 4 aliphatic rings. The van der Waals surface area contributed by atoms with Gasteiger partial charge in [0.2, 0.25) is 11.8 Å². The number of rotatable bonds is 7. The summed E-state index contributed by atoms with van der Waals surface area (Å²) in [5, 5.41) is 0. The molecule has 6 rings (SSSR count). The van der Waals surface area contributed by atoms with Crippen molar-refractivity contribution in [1.82, 2.24) is 19.7 Å². The number of aromatic nitrogens is 1. The first kappa shape index (κ1) is 33.6. The van der Waals surface area contributed by atoms with Gasteiger partial charge in [0.1, 0.15) is 23.7 Å². The van der Waals surface area contributed by atoms with Crippen molar-refractivity contribution in [2.24, 2.45) is 5.92 Å². The standard InChI is InChI=1S/C36H50FN5O5/c1-23-16-39(30(17-40-24(2)20-45-21-25(40)3)18-41(23)35(44)47-36(4,5)6)19-33(43)42-31-14-27(13-26-7-11-29(37)12-8-26)15-38-34(31)46-22-32(42)28-9-10-28/h7-8,11-12,14-15,23-25,28,30,32H,9-10,13,16-22H2,1-6H3/t23-,24-,25-,30+,32-/m1/s1. The summed E-state index contributed by atoms with van der Waals surface area (Å²) >= 11 is 0. The van der Waals surface area contributed by atoms with Gasteiger partial charge in [-0.3, -0.25) is 19.5 Å². The molecule has 2 amide bonds. The highest BCUT2D eigenvalue weighted by atomic mass is 19.1. The minimum Gasteiger partial charge on any atom is -0.474 e. The number of ether oxygens (including phenoxy) is 3. The van der Waals surface area contributed by atoms with Crippen molar-refractivity contribution >= 4 is 17.7 Å². The summed E-state index contributed by atoms with van der Waals surface area (Å²) in [6.07, 6.45) is 4.16. The maximum absolute atomic E-state index is 14.6. The van der Waals surface area contributed by atoms with E-state index < -0.39 is 5.60 Å². The van der Waals surface area contributed by atoms with Crippen LogP contribution >= 0.6 is 0 Å². The average Bonchev–Trinajstić information content (AvgIpc) is 3.85. The van der Waals surface area contributed by atoms with E-state index in [0.717, 1.165) is 24.0 Å². The summed E-state index contributed by atoms with van der Waals surface area (Å²) in [6.45, 7) is 15.7. The quantitative estimate of drug-likeness (QED) is 0.425. The van der Waals surface area contributed by atoms with Crippen molar-refractivity contribution in [3.05, 3.63) is 53.5 Å². The van der Waals surface area contributed by atoms with Gasteiger partial charge >= 0.3 is 6.09 Å². The molecule has 0 spiro atoms. The molecule has 2 saturated heterocycles. The molecule has 0 bridgehead atoms. The molecule has 47 heavy (non-hydrogen) atoms. The van der Waals surface area contributed by atoms with E-state index in [1.165, 1.54) is 12.1 Å². The molecule has 11 heteroatoms. The number of amides is 2. The highest BCUT2D eigenvalue weighted by Crippen LogP contribution is 2.43. The van der Waals surface area contributed by atoms with Crippen LogP contribution in [0.15, 0.2) is 36.5 Å². The van der Waals surface area contributed by atoms with Crippen molar-refractivity contribution in [3.63, 3.8) is 0 Å². The lowest BCUT2D eigenvalue weighted by Gasteiger charge is -2.49. The molecule has 3 aliphatic heterocycles. The minimum atomic E-state index is -0.599. The highest BCUT2D eigenvalue weighted by molar-refractivity contribution is 5.97. The van der Waals surface area contributed by atoms with E-state index >= 15 is 0 Å². The molecule has 0 radical (unpaired) electrons. The molecule has 1 aliphatic carbocycles. The van der Waals surface area contributed by atoms with Gasteiger partial charge in [-0.25, -0.2) is 14.2 Å². The van der Waals surface area contributed by atoms with Gasteiger partial charge in [0.25, 0.3) is 0 Å². The van der Waals surface area contributed by atoms with Gasteiger partial charge in [0.05, 0.1) is 25.8 Å². The van der Waals surface area contributed by atoms with Crippen LogP contribution in [0, 0.1) is 11.7 Å². The first-order chi connectivity index (χ1) is 22.4. The van der Waals surface area contributed by atoms with E-state index in [1.807, 2.05) is 43.6 Å². The predicted octanol–water partition coefficient (Wildman–Crippen LogP) is 4.73. The number of halogens is 1. The number of piperazine rings is 1. The number of fused-ring (bicyclic) bond motifs is 1. The van der Waals surface area contributed by atoms with Gasteiger partial charge in [-0.05, 0) is 96.0 Å². The summed E-state index contributed by atoms with van der Waals surface area (Å²) in [4.78, 5) is 41.0. The fourth-order valence-electron chi connectivity index (χ4n) is 7.20. The topological polar surface area (TPSA) is 87.7 Å². The van der Waals surface area contributed by atoms with Crippen LogP contribution in [0.3, 0.4) is 0 Å². The van der Waals surface area contributed by atoms with E-state index in [4.69, 9.17) is 14.2 Å². The fraction of sp³-hybridized carbons (Fsp3) is 0.639. The summed E-state index contributed by atoms with van der Waals surface area (Å²) in [6, 6.07) is 8.66. The van der Waals surface area contributed by atoms with Gasteiger partial charge in [-0.2, -0.15) is 0 Å². The lowest BCUT2D eigenvalue weighted by Crippen LogP contribution is -2.65. The van der Waals surface area contributed by atoms with Crippen LogP contribution in [-0.2, 0) is 20.7 Å². The Hall–Kier alpha value is -3.28. The Labute approximate surface area is 278 Å². The number of anilines is 1. The molecule has 4 heterocycles. The number of hydrogen-bond donors (Lipinski definition) is 0. The first-order valence-corrected chi connectivity index (χ1v) is 17.1. The number of carbonyl (C=O) groups is 2. The van der Waals surface area contributed by atoms with Gasteiger partial charge in [0.15, 0.2) is 0 Å². The Balaban J connectivity index is 1.26. The second-order valence-corrected chi connectivity index (χ2v) is 14.9. The Morgan fingerprint density at radius 3 is 2.34 bits per heavy atom. The minimum absolute atomic E-state index is 0.0122. The van der Waals surface area contributed by atoms with Crippen molar-refractivity contribution in [1.29, 1.82) is 0 Å². The van der Waals surface area contributed by atoms with Crippen LogP contribution in [0.25, 0.3) is 0 Å². The molecule has 5 atom stereocenters. The van der Waals surface area contributed by atoms with Crippen molar-refractivity contribution < 1.29 is 28.2 Å². The predicted molar refractivity (Wildman–Crippen MR) is 177 cm³/mol. The summed E-state index contributed by atoms with van der Waals surface area (Å²) in [5.41, 5.74) is 2.00. The monoisotopic (exact) mass is 651 g/mol. The Morgan fingerprint density at radius 1 is 0.979 bits per heavy atom. The largest absolute Gasteiger partial charge is 0.474 e. The van der Waals surface area contributed by atoms with Crippen LogP contribution in [-0.4, -0.2) is 113 Å². The SMILES string of the molecule is C[C@@H]1CN(CC(=O)N2c3cc(Cc4ccc(F)cc4)cnc3OC[C@@H]2C2CC2)[C@@H](CN2[C@H](C)COC[C@H]2C)CN1C(=O)OC(C)(C)C. The zero-order valence-electron chi connectivity index (χ0n) is 28.7. The van der Waals surface area contributed by atoms with Crippen molar-refractivity contribution in [3.8, 4) is 5.88 Å². The maximum atomic E-state index is 14.6. The van der Waals surface area contributed by atoms with Crippen LogP contribution in [0.1, 0.15) is 65.5 Å². The van der Waals surface area contributed by atoms with Gasteiger partial charge < -0.3 is 19.1 Å². The van der Waals surface area contributed by atoms with E-state index in [2.05, 4.69) is 28.6 Å². The summed E-state index contributed by atoms with van der Waals surface area (Å²) in [5.74, 6) is 0.598. The average molecular weight is 652 g/mol. The van der Waals surface area contributed by atoms with Crippen LogP contribution in [0.5, 0.6) is 5.88 Å². The molecular weight excluding hydrogens is 601 g/mol. The molecule has 3 fully saturated rings. The number of pyridine rings is 1. The first-order valence-electron chi connectivity index (χ1n) is 17.1. The molecule has 256 valence electrons. The molecular formula is C36H50FN5O5. The zero-order chi connectivity index (χ0) is 33.5. The molecule has 1 saturated carbocycles. The number of morpholine rings is 1. The molecule has 1 aromatic carbocycles. The van der Waals surface area contributed by atoms with Crippen molar-refractivity contribution in [2.45, 2.75) is 96.6 Å². The molecule has 10 nitrogen and oxygen atoms in total. The second kappa shape index (κ2) is 13.7.